The van der Waals surface area contributed by atoms with Gasteiger partial charge in [0.15, 0.2) is 0 Å². The van der Waals surface area contributed by atoms with Gasteiger partial charge in [-0.25, -0.2) is 0 Å². The number of nitrogens with one attached hydrogen (secondary N) is 1. The third kappa shape index (κ3) is 3.20. The van der Waals surface area contributed by atoms with E-state index in [-0.39, 0.29) is 0 Å². The molecule has 66 valence electrons. The van der Waals surface area contributed by atoms with Crippen molar-refractivity contribution in [1.29, 1.82) is 0 Å². The van der Waals surface area contributed by atoms with Crippen molar-refractivity contribution in [3.63, 3.8) is 0 Å². The van der Waals surface area contributed by atoms with Crippen LogP contribution in [0.2, 0.25) is 12.6 Å². The van der Waals surface area contributed by atoms with Gasteiger partial charge in [0.1, 0.15) is 8.96 Å². The maximum atomic E-state index is 3.37. The fraction of sp³-hybridized carbons (Fsp3) is 0.400. The summed E-state index contributed by atoms with van der Waals surface area (Å²) in [6, 6.07) is 12.1. The van der Waals surface area contributed by atoms with E-state index in [4.69, 9.17) is 0 Å². The lowest BCUT2D eigenvalue weighted by atomic mass is 10.2. The maximum absolute atomic E-state index is 3.37. The molecule has 0 aromatic heterocycles. The lowest BCUT2D eigenvalue weighted by Crippen LogP contribution is -2.26. The second-order valence-electron chi connectivity index (χ2n) is 3.21. The SMILES string of the molecule is CN[SiH](C)CCc1ccccc1. The van der Waals surface area contributed by atoms with Crippen molar-refractivity contribution in [2.24, 2.45) is 0 Å². The zero-order chi connectivity index (χ0) is 8.81. The first-order valence-corrected chi connectivity index (χ1v) is 7.09. The summed E-state index contributed by atoms with van der Waals surface area (Å²) in [5.41, 5.74) is 1.46. The minimum atomic E-state index is -0.601. The minimum absolute atomic E-state index is 0.601. The number of hydrogen-bond donors (Lipinski definition) is 1. The first-order chi connectivity index (χ1) is 5.83. The molecule has 1 aromatic carbocycles. The fourth-order valence-electron chi connectivity index (χ4n) is 1.17. The molecule has 1 aromatic rings. The molecule has 1 N–H and O–H groups in total. The van der Waals surface area contributed by atoms with Gasteiger partial charge in [-0.3, -0.25) is 0 Å². The summed E-state index contributed by atoms with van der Waals surface area (Å²) in [6.45, 7) is 2.35. The van der Waals surface area contributed by atoms with Gasteiger partial charge in [0.05, 0.1) is 0 Å². The number of hydrogen-bond acceptors (Lipinski definition) is 1. The van der Waals surface area contributed by atoms with Crippen molar-refractivity contribution in [3.05, 3.63) is 35.9 Å². The van der Waals surface area contributed by atoms with Crippen LogP contribution in [0, 0.1) is 0 Å². The largest absolute Gasteiger partial charge is 0.342 e. The van der Waals surface area contributed by atoms with Crippen LogP contribution in [0.15, 0.2) is 30.3 Å². The maximum Gasteiger partial charge on any atom is 0.105 e. The van der Waals surface area contributed by atoms with E-state index in [1.807, 2.05) is 0 Å². The van der Waals surface area contributed by atoms with E-state index in [1.54, 1.807) is 0 Å². The molecule has 0 radical (unpaired) electrons. The summed E-state index contributed by atoms with van der Waals surface area (Å²) in [4.78, 5) is 3.37. The first kappa shape index (κ1) is 9.48. The smallest absolute Gasteiger partial charge is 0.105 e. The average Bonchev–Trinajstić information content (AvgIpc) is 2.16. The zero-order valence-electron chi connectivity index (χ0n) is 7.88. The Hall–Kier alpha value is -0.603. The van der Waals surface area contributed by atoms with E-state index in [0.29, 0.717) is 0 Å². The van der Waals surface area contributed by atoms with Gasteiger partial charge in [-0.1, -0.05) is 36.9 Å². The second-order valence-corrected chi connectivity index (χ2v) is 6.17. The fourth-order valence-corrected chi connectivity index (χ4v) is 2.23. The van der Waals surface area contributed by atoms with Gasteiger partial charge in [-0.2, -0.15) is 0 Å². The summed E-state index contributed by atoms with van der Waals surface area (Å²) in [6.07, 6.45) is 1.23. The Kier molecular flexibility index (Phi) is 4.04. The van der Waals surface area contributed by atoms with Gasteiger partial charge in [0.2, 0.25) is 0 Å². The molecule has 1 nitrogen and oxygen atoms in total. The van der Waals surface area contributed by atoms with E-state index in [0.717, 1.165) is 0 Å². The van der Waals surface area contributed by atoms with Crippen LogP contribution in [0.5, 0.6) is 0 Å². The normalized spacial score (nSPS) is 12.8. The van der Waals surface area contributed by atoms with Crippen molar-refractivity contribution in [1.82, 2.24) is 4.98 Å². The highest BCUT2D eigenvalue weighted by molar-refractivity contribution is 6.54. The van der Waals surface area contributed by atoms with Crippen LogP contribution >= 0.6 is 0 Å². The Balaban J connectivity index is 2.33. The van der Waals surface area contributed by atoms with Crippen molar-refractivity contribution in [2.45, 2.75) is 19.0 Å². The number of rotatable bonds is 4. The molecular formula is C10H17NSi. The predicted molar refractivity (Wildman–Crippen MR) is 57.0 cm³/mol. The van der Waals surface area contributed by atoms with Gasteiger partial charge in [0, 0.05) is 0 Å². The molecular weight excluding hydrogens is 162 g/mol. The Morgan fingerprint density at radius 2 is 1.92 bits per heavy atom. The molecule has 2 heteroatoms. The summed E-state index contributed by atoms with van der Waals surface area (Å²) < 4.78 is 0. The van der Waals surface area contributed by atoms with Crippen molar-refractivity contribution in [2.75, 3.05) is 7.05 Å². The molecule has 0 bridgehead atoms. The lowest BCUT2D eigenvalue weighted by Gasteiger charge is -2.07. The monoisotopic (exact) mass is 179 g/mol. The zero-order valence-corrected chi connectivity index (χ0v) is 9.03. The topological polar surface area (TPSA) is 12.0 Å². The van der Waals surface area contributed by atoms with Gasteiger partial charge in [-0.05, 0) is 25.1 Å². The Morgan fingerprint density at radius 3 is 2.50 bits per heavy atom. The molecule has 12 heavy (non-hydrogen) atoms. The Morgan fingerprint density at radius 1 is 1.25 bits per heavy atom. The molecule has 1 unspecified atom stereocenters. The van der Waals surface area contributed by atoms with Crippen LogP contribution < -0.4 is 4.98 Å². The standard InChI is InChI=1S/C10H17NSi/c1-11-12(2)9-8-10-6-4-3-5-7-10/h3-7,11-12H,8-9H2,1-2H3. The van der Waals surface area contributed by atoms with Crippen LogP contribution in [0.1, 0.15) is 5.56 Å². The molecule has 0 aliphatic rings. The Labute approximate surface area is 76.5 Å². The first-order valence-electron chi connectivity index (χ1n) is 4.54. The summed E-state index contributed by atoms with van der Waals surface area (Å²) in [7, 11) is 1.47. The van der Waals surface area contributed by atoms with Gasteiger partial charge in [-0.15, -0.1) is 0 Å². The van der Waals surface area contributed by atoms with Crippen molar-refractivity contribution < 1.29 is 0 Å². The van der Waals surface area contributed by atoms with Crippen molar-refractivity contribution in [3.8, 4) is 0 Å². The molecule has 1 atom stereocenters. The van der Waals surface area contributed by atoms with E-state index in [2.05, 4.69) is 48.9 Å². The molecule has 0 saturated carbocycles. The van der Waals surface area contributed by atoms with E-state index < -0.39 is 8.96 Å². The molecule has 0 heterocycles. The van der Waals surface area contributed by atoms with Crippen LogP contribution in [-0.2, 0) is 6.42 Å². The number of benzene rings is 1. The van der Waals surface area contributed by atoms with Crippen LogP contribution in [0.4, 0.5) is 0 Å². The highest BCUT2D eigenvalue weighted by Crippen LogP contribution is 2.03. The quantitative estimate of drug-likeness (QED) is 0.695. The van der Waals surface area contributed by atoms with Crippen LogP contribution in [0.3, 0.4) is 0 Å². The minimum Gasteiger partial charge on any atom is -0.342 e. The third-order valence-corrected chi connectivity index (χ3v) is 4.34. The molecule has 0 aliphatic carbocycles. The van der Waals surface area contributed by atoms with Crippen LogP contribution in [0.25, 0.3) is 0 Å². The van der Waals surface area contributed by atoms with Gasteiger partial charge < -0.3 is 4.98 Å². The Bertz CT molecular complexity index is 210. The van der Waals surface area contributed by atoms with Crippen LogP contribution in [-0.4, -0.2) is 16.0 Å². The average molecular weight is 179 g/mol. The molecule has 0 saturated heterocycles. The molecule has 1 rings (SSSR count). The highest BCUT2D eigenvalue weighted by Gasteiger charge is 1.99. The van der Waals surface area contributed by atoms with Crippen molar-refractivity contribution >= 4 is 8.96 Å². The second kappa shape index (κ2) is 5.12. The van der Waals surface area contributed by atoms with E-state index >= 15 is 0 Å². The summed E-state index contributed by atoms with van der Waals surface area (Å²) in [5.74, 6) is 0. The summed E-state index contributed by atoms with van der Waals surface area (Å²) in [5, 5.41) is 0. The summed E-state index contributed by atoms with van der Waals surface area (Å²) >= 11 is 0. The molecule has 0 aliphatic heterocycles. The van der Waals surface area contributed by atoms with Gasteiger partial charge in [0.25, 0.3) is 0 Å². The number of aryl methyl sites for hydroxylation is 1. The van der Waals surface area contributed by atoms with Gasteiger partial charge >= 0.3 is 0 Å². The molecule has 0 amide bonds. The molecule has 0 fully saturated rings. The van der Waals surface area contributed by atoms with E-state index in [1.165, 1.54) is 18.0 Å². The third-order valence-electron chi connectivity index (χ3n) is 2.20. The molecule has 0 spiro atoms. The van der Waals surface area contributed by atoms with E-state index in [9.17, 15) is 0 Å². The highest BCUT2D eigenvalue weighted by atomic mass is 28.3. The predicted octanol–water partition coefficient (Wildman–Crippen LogP) is 1.80. The lowest BCUT2D eigenvalue weighted by molar-refractivity contribution is 1.06.